The fourth-order valence-corrected chi connectivity index (χ4v) is 2.15. The second-order valence-electron chi connectivity index (χ2n) is 3.63. The van der Waals surface area contributed by atoms with Crippen molar-refractivity contribution >= 4 is 23.5 Å². The number of hydrogen-bond acceptors (Lipinski definition) is 4. The third kappa shape index (κ3) is 3.89. The Kier molecular flexibility index (Phi) is 5.22. The summed E-state index contributed by atoms with van der Waals surface area (Å²) in [7, 11) is 0. The van der Waals surface area contributed by atoms with E-state index in [1.807, 2.05) is 12.3 Å². The van der Waals surface area contributed by atoms with Gasteiger partial charge >= 0.3 is 5.97 Å². The molecule has 0 unspecified atom stereocenters. The van der Waals surface area contributed by atoms with Gasteiger partial charge in [0.05, 0.1) is 12.2 Å². The number of esters is 1. The molecule has 3 nitrogen and oxygen atoms in total. The van der Waals surface area contributed by atoms with Crippen LogP contribution in [0.4, 0.5) is 0 Å². The van der Waals surface area contributed by atoms with E-state index in [0.29, 0.717) is 18.6 Å². The molecule has 0 saturated heterocycles. The predicted molar refractivity (Wildman–Crippen MR) is 68.6 cm³/mol. The fraction of sp³-hybridized carbons (Fsp3) is 0.385. The van der Waals surface area contributed by atoms with Crippen molar-refractivity contribution in [1.82, 2.24) is 0 Å². The maximum Gasteiger partial charge on any atom is 0.338 e. The van der Waals surface area contributed by atoms with Crippen LogP contribution >= 0.6 is 11.8 Å². The molecule has 1 rings (SSSR count). The van der Waals surface area contributed by atoms with Gasteiger partial charge in [0.25, 0.3) is 0 Å². The number of thioether (sulfide) groups is 1. The lowest BCUT2D eigenvalue weighted by Crippen LogP contribution is -2.06. The first kappa shape index (κ1) is 13.8. The van der Waals surface area contributed by atoms with Crippen LogP contribution in [0.2, 0.25) is 0 Å². The number of carbonyl (C=O) groups excluding carboxylic acids is 2. The average molecular weight is 252 g/mol. The summed E-state index contributed by atoms with van der Waals surface area (Å²) >= 11 is 1.53. The summed E-state index contributed by atoms with van der Waals surface area (Å²) in [6.07, 6.45) is 2.33. The van der Waals surface area contributed by atoms with Gasteiger partial charge in [-0.2, -0.15) is 0 Å². The molecule has 0 atom stereocenters. The summed E-state index contributed by atoms with van der Waals surface area (Å²) < 4.78 is 4.93. The van der Waals surface area contributed by atoms with Crippen molar-refractivity contribution in [3.8, 4) is 0 Å². The van der Waals surface area contributed by atoms with E-state index >= 15 is 0 Å². The molecule has 0 aliphatic carbocycles. The van der Waals surface area contributed by atoms with E-state index in [1.54, 1.807) is 26.0 Å². The molecule has 0 aliphatic heterocycles. The van der Waals surface area contributed by atoms with Crippen molar-refractivity contribution in [2.24, 2.45) is 0 Å². The summed E-state index contributed by atoms with van der Waals surface area (Å²) in [5, 5.41) is 0. The van der Waals surface area contributed by atoms with E-state index in [1.165, 1.54) is 11.8 Å². The molecule has 92 valence electrons. The van der Waals surface area contributed by atoms with Gasteiger partial charge in [-0.25, -0.2) is 4.79 Å². The van der Waals surface area contributed by atoms with Crippen molar-refractivity contribution in [2.75, 3.05) is 12.9 Å². The van der Waals surface area contributed by atoms with Gasteiger partial charge in [-0.15, -0.1) is 11.8 Å². The molecule has 0 aromatic heterocycles. The molecule has 0 heterocycles. The van der Waals surface area contributed by atoms with Gasteiger partial charge in [0.2, 0.25) is 0 Å². The van der Waals surface area contributed by atoms with E-state index in [0.717, 1.165) is 10.5 Å². The molecule has 0 amide bonds. The zero-order chi connectivity index (χ0) is 12.8. The number of ketones is 1. The number of benzene rings is 1. The molecule has 0 fully saturated rings. The molecule has 17 heavy (non-hydrogen) atoms. The fourth-order valence-electron chi connectivity index (χ4n) is 1.50. The number of Topliss-reactive ketones (excluding diaryl/α,β-unsaturated/α-hetero) is 1. The molecular formula is C13H16O3S. The summed E-state index contributed by atoms with van der Waals surface area (Å²) in [4.78, 5) is 23.6. The van der Waals surface area contributed by atoms with Crippen molar-refractivity contribution in [3.63, 3.8) is 0 Å². The lowest BCUT2D eigenvalue weighted by molar-refractivity contribution is -0.116. The van der Waals surface area contributed by atoms with Gasteiger partial charge in [0.1, 0.15) is 5.78 Å². The third-order valence-corrected chi connectivity index (χ3v) is 3.06. The molecule has 1 aromatic carbocycles. The van der Waals surface area contributed by atoms with Crippen LogP contribution in [-0.2, 0) is 16.0 Å². The van der Waals surface area contributed by atoms with Crippen molar-refractivity contribution in [3.05, 3.63) is 29.3 Å². The Hall–Kier alpha value is -1.29. The second kappa shape index (κ2) is 6.45. The smallest absolute Gasteiger partial charge is 0.338 e. The predicted octanol–water partition coefficient (Wildman–Crippen LogP) is 2.72. The van der Waals surface area contributed by atoms with E-state index < -0.39 is 0 Å². The second-order valence-corrected chi connectivity index (χ2v) is 4.47. The first-order valence-electron chi connectivity index (χ1n) is 5.42. The van der Waals surface area contributed by atoms with Gasteiger partial charge in [-0.1, -0.05) is 6.07 Å². The zero-order valence-corrected chi connectivity index (χ0v) is 11.1. The van der Waals surface area contributed by atoms with Crippen molar-refractivity contribution in [2.45, 2.75) is 25.2 Å². The number of ether oxygens (including phenoxy) is 1. The molecule has 0 radical (unpaired) electrons. The molecule has 0 N–H and O–H groups in total. The summed E-state index contributed by atoms with van der Waals surface area (Å²) in [5.41, 5.74) is 1.49. The molecular weight excluding hydrogens is 236 g/mol. The maximum absolute atomic E-state index is 11.5. The van der Waals surface area contributed by atoms with Crippen LogP contribution in [0, 0.1) is 0 Å². The average Bonchev–Trinajstić information content (AvgIpc) is 2.29. The molecule has 1 aromatic rings. The number of rotatable bonds is 5. The third-order valence-electron chi connectivity index (χ3n) is 2.24. The molecule has 0 aliphatic rings. The van der Waals surface area contributed by atoms with Gasteiger partial charge in [-0.3, -0.25) is 4.79 Å². The molecule has 4 heteroatoms. The summed E-state index contributed by atoms with van der Waals surface area (Å²) in [6.45, 7) is 3.70. The van der Waals surface area contributed by atoms with Crippen LogP contribution in [0.15, 0.2) is 23.1 Å². The zero-order valence-electron chi connectivity index (χ0n) is 10.3. The van der Waals surface area contributed by atoms with Crippen LogP contribution in [0.5, 0.6) is 0 Å². The minimum atomic E-state index is -0.322. The van der Waals surface area contributed by atoms with Crippen LogP contribution in [0.3, 0.4) is 0 Å². The lowest BCUT2D eigenvalue weighted by Gasteiger charge is -2.08. The standard InChI is InChI=1S/C13H16O3S/c1-4-16-13(15)11-6-5-10(7-9(2)14)12(8-11)17-3/h5-6,8H,4,7H2,1-3H3. The van der Waals surface area contributed by atoms with Crippen LogP contribution in [0.1, 0.15) is 29.8 Å². The highest BCUT2D eigenvalue weighted by atomic mass is 32.2. The van der Waals surface area contributed by atoms with Crippen LogP contribution < -0.4 is 0 Å². The van der Waals surface area contributed by atoms with Crippen molar-refractivity contribution < 1.29 is 14.3 Å². The number of hydrogen-bond donors (Lipinski definition) is 0. The van der Waals surface area contributed by atoms with Crippen LogP contribution in [0.25, 0.3) is 0 Å². The van der Waals surface area contributed by atoms with Crippen LogP contribution in [-0.4, -0.2) is 24.6 Å². The highest BCUT2D eigenvalue weighted by Gasteiger charge is 2.11. The minimum absolute atomic E-state index is 0.115. The SMILES string of the molecule is CCOC(=O)c1ccc(CC(C)=O)c(SC)c1. The topological polar surface area (TPSA) is 43.4 Å². The Morgan fingerprint density at radius 2 is 2.06 bits per heavy atom. The Labute approximate surface area is 106 Å². The first-order chi connectivity index (χ1) is 8.08. The van der Waals surface area contributed by atoms with Gasteiger partial charge in [-0.05, 0) is 37.8 Å². The Balaban J connectivity index is 2.99. The van der Waals surface area contributed by atoms with E-state index in [9.17, 15) is 9.59 Å². The maximum atomic E-state index is 11.5. The van der Waals surface area contributed by atoms with E-state index in [4.69, 9.17) is 4.74 Å². The summed E-state index contributed by atoms with van der Waals surface area (Å²) in [5.74, 6) is -0.207. The van der Waals surface area contributed by atoms with Crippen molar-refractivity contribution in [1.29, 1.82) is 0 Å². The Bertz CT molecular complexity index is 427. The quantitative estimate of drug-likeness (QED) is 0.597. The largest absolute Gasteiger partial charge is 0.462 e. The van der Waals surface area contributed by atoms with Gasteiger partial charge in [0.15, 0.2) is 0 Å². The van der Waals surface area contributed by atoms with Gasteiger partial charge < -0.3 is 4.74 Å². The normalized spacial score (nSPS) is 10.1. The lowest BCUT2D eigenvalue weighted by atomic mass is 10.1. The first-order valence-corrected chi connectivity index (χ1v) is 6.64. The Morgan fingerprint density at radius 1 is 1.35 bits per heavy atom. The monoisotopic (exact) mass is 252 g/mol. The number of carbonyl (C=O) groups is 2. The highest BCUT2D eigenvalue weighted by molar-refractivity contribution is 7.98. The van der Waals surface area contributed by atoms with E-state index in [2.05, 4.69) is 0 Å². The van der Waals surface area contributed by atoms with Gasteiger partial charge in [0, 0.05) is 11.3 Å². The minimum Gasteiger partial charge on any atom is -0.462 e. The Morgan fingerprint density at radius 3 is 2.59 bits per heavy atom. The molecule has 0 spiro atoms. The summed E-state index contributed by atoms with van der Waals surface area (Å²) in [6, 6.07) is 5.30. The van der Waals surface area contributed by atoms with E-state index in [-0.39, 0.29) is 11.8 Å². The molecule has 0 saturated carbocycles. The molecule has 0 bridgehead atoms. The highest BCUT2D eigenvalue weighted by Crippen LogP contribution is 2.23.